The van der Waals surface area contributed by atoms with Crippen molar-refractivity contribution in [1.82, 2.24) is 0 Å². The highest BCUT2D eigenvalue weighted by Crippen LogP contribution is 2.26. The number of benzene rings is 3. The first kappa shape index (κ1) is 21.6. The third-order valence-electron chi connectivity index (χ3n) is 5.30. The molecule has 1 saturated heterocycles. The molecular weight excluding hydrogens is 426 g/mol. The van der Waals surface area contributed by atoms with Crippen molar-refractivity contribution in [3.05, 3.63) is 89.5 Å². The van der Waals surface area contributed by atoms with Gasteiger partial charge in [0.2, 0.25) is 10.0 Å². The van der Waals surface area contributed by atoms with Crippen LogP contribution in [0.5, 0.6) is 0 Å². The number of hydrogen-bond donors (Lipinski definition) is 2. The van der Waals surface area contributed by atoms with Crippen LogP contribution in [0.3, 0.4) is 0 Å². The molecule has 0 unspecified atom stereocenters. The lowest BCUT2D eigenvalue weighted by Crippen LogP contribution is -2.25. The summed E-state index contributed by atoms with van der Waals surface area (Å²) in [5.41, 5.74) is 3.45. The van der Waals surface area contributed by atoms with E-state index in [4.69, 9.17) is 0 Å². The van der Waals surface area contributed by atoms with Gasteiger partial charge in [-0.2, -0.15) is 0 Å². The fourth-order valence-corrected chi connectivity index (χ4v) is 5.09. The Morgan fingerprint density at radius 3 is 2.19 bits per heavy atom. The van der Waals surface area contributed by atoms with Gasteiger partial charge < -0.3 is 10.6 Å². The lowest BCUT2D eigenvalue weighted by Gasteiger charge is -2.17. The van der Waals surface area contributed by atoms with Crippen molar-refractivity contribution in [2.45, 2.75) is 13.3 Å². The van der Waals surface area contributed by atoms with Crippen LogP contribution in [0, 0.1) is 6.92 Å². The summed E-state index contributed by atoms with van der Waals surface area (Å²) in [6.07, 6.45) is 0.609. The molecule has 164 valence electrons. The largest absolute Gasteiger partial charge is 0.322 e. The maximum atomic E-state index is 12.7. The van der Waals surface area contributed by atoms with Crippen LogP contribution in [0.4, 0.5) is 17.1 Å². The summed E-state index contributed by atoms with van der Waals surface area (Å²) >= 11 is 0. The van der Waals surface area contributed by atoms with Gasteiger partial charge >= 0.3 is 0 Å². The fraction of sp³-hybridized carbons (Fsp3) is 0.167. The predicted octanol–water partition coefficient (Wildman–Crippen LogP) is 4.04. The molecule has 1 heterocycles. The van der Waals surface area contributed by atoms with Gasteiger partial charge in [-0.05, 0) is 67.4 Å². The van der Waals surface area contributed by atoms with Gasteiger partial charge in [-0.25, -0.2) is 8.42 Å². The molecule has 0 bridgehead atoms. The molecule has 7 nitrogen and oxygen atoms in total. The number of nitrogens with one attached hydrogen (secondary N) is 2. The van der Waals surface area contributed by atoms with Gasteiger partial charge in [0.1, 0.15) is 0 Å². The number of aryl methyl sites for hydroxylation is 1. The van der Waals surface area contributed by atoms with Crippen molar-refractivity contribution in [2.75, 3.05) is 27.2 Å². The summed E-state index contributed by atoms with van der Waals surface area (Å²) in [5.74, 6) is -0.428. The first-order valence-electron chi connectivity index (χ1n) is 10.2. The average molecular weight is 450 g/mol. The monoisotopic (exact) mass is 449 g/mol. The van der Waals surface area contributed by atoms with Gasteiger partial charge in [0.15, 0.2) is 0 Å². The van der Waals surface area contributed by atoms with Crippen molar-refractivity contribution in [3.8, 4) is 0 Å². The van der Waals surface area contributed by atoms with E-state index in [0.717, 1.165) is 5.56 Å². The maximum absolute atomic E-state index is 12.7. The molecule has 1 fully saturated rings. The Morgan fingerprint density at radius 1 is 0.844 bits per heavy atom. The second-order valence-electron chi connectivity index (χ2n) is 7.59. The zero-order valence-electron chi connectivity index (χ0n) is 17.5. The summed E-state index contributed by atoms with van der Waals surface area (Å²) in [7, 11) is -3.25. The van der Waals surface area contributed by atoms with Gasteiger partial charge in [-0.3, -0.25) is 13.9 Å². The molecule has 1 aliphatic rings. The number of rotatable bonds is 5. The number of amides is 2. The Hall–Kier alpha value is -3.65. The predicted molar refractivity (Wildman–Crippen MR) is 126 cm³/mol. The van der Waals surface area contributed by atoms with E-state index in [1.165, 1.54) is 4.31 Å². The maximum Gasteiger partial charge on any atom is 0.255 e. The Kier molecular flexibility index (Phi) is 5.96. The van der Waals surface area contributed by atoms with E-state index in [9.17, 15) is 18.0 Å². The number of carbonyl (C=O) groups is 2. The summed E-state index contributed by atoms with van der Waals surface area (Å²) in [5, 5.41) is 5.66. The summed E-state index contributed by atoms with van der Waals surface area (Å²) < 4.78 is 25.5. The second-order valence-corrected chi connectivity index (χ2v) is 9.61. The lowest BCUT2D eigenvalue weighted by molar-refractivity contribution is 0.101. The fourth-order valence-electron chi connectivity index (χ4n) is 3.53. The van der Waals surface area contributed by atoms with Crippen LogP contribution in [-0.2, 0) is 10.0 Å². The number of hydrogen-bond acceptors (Lipinski definition) is 4. The number of anilines is 3. The van der Waals surface area contributed by atoms with Crippen LogP contribution in [0.2, 0.25) is 0 Å². The van der Waals surface area contributed by atoms with E-state index < -0.39 is 10.0 Å². The van der Waals surface area contributed by atoms with Crippen molar-refractivity contribution in [1.29, 1.82) is 0 Å². The normalized spacial score (nSPS) is 14.7. The van der Waals surface area contributed by atoms with Crippen LogP contribution >= 0.6 is 0 Å². The summed E-state index contributed by atoms with van der Waals surface area (Å²) in [6, 6.07) is 20.7. The minimum atomic E-state index is -3.25. The van der Waals surface area contributed by atoms with E-state index in [1.54, 1.807) is 66.7 Å². The Morgan fingerprint density at radius 2 is 1.53 bits per heavy atom. The SMILES string of the molecule is Cc1ccc(C(=O)Nc2ccc(N3CCCS3(=O)=O)cc2)cc1NC(=O)c1ccccc1. The molecule has 0 atom stereocenters. The molecule has 2 amide bonds. The first-order valence-corrected chi connectivity index (χ1v) is 11.8. The molecule has 0 aliphatic carbocycles. The Balaban J connectivity index is 1.47. The van der Waals surface area contributed by atoms with Gasteiger partial charge in [0.05, 0.1) is 11.4 Å². The minimum absolute atomic E-state index is 0.155. The molecule has 32 heavy (non-hydrogen) atoms. The molecule has 8 heteroatoms. The highest BCUT2D eigenvalue weighted by molar-refractivity contribution is 7.93. The third kappa shape index (κ3) is 4.65. The van der Waals surface area contributed by atoms with Crippen molar-refractivity contribution < 1.29 is 18.0 Å². The average Bonchev–Trinajstić information content (AvgIpc) is 3.15. The minimum Gasteiger partial charge on any atom is -0.322 e. The molecule has 2 N–H and O–H groups in total. The molecule has 0 radical (unpaired) electrons. The van der Waals surface area contributed by atoms with Gasteiger partial charge in [0.25, 0.3) is 11.8 Å². The van der Waals surface area contributed by atoms with Crippen molar-refractivity contribution >= 4 is 38.9 Å². The third-order valence-corrected chi connectivity index (χ3v) is 7.17. The molecule has 3 aromatic carbocycles. The van der Waals surface area contributed by atoms with E-state index >= 15 is 0 Å². The van der Waals surface area contributed by atoms with Crippen molar-refractivity contribution in [3.63, 3.8) is 0 Å². The molecule has 0 saturated carbocycles. The smallest absolute Gasteiger partial charge is 0.255 e. The van der Waals surface area contributed by atoms with E-state index in [0.29, 0.717) is 41.2 Å². The molecule has 4 rings (SSSR count). The Labute approximate surface area is 187 Å². The quantitative estimate of drug-likeness (QED) is 0.615. The van der Waals surface area contributed by atoms with Crippen LogP contribution in [0.15, 0.2) is 72.8 Å². The molecule has 3 aromatic rings. The Bertz CT molecular complexity index is 1260. The summed E-state index contributed by atoms with van der Waals surface area (Å²) in [6.45, 7) is 2.32. The summed E-state index contributed by atoms with van der Waals surface area (Å²) in [4.78, 5) is 25.2. The van der Waals surface area contributed by atoms with E-state index in [-0.39, 0.29) is 17.6 Å². The number of nitrogens with zero attached hydrogens (tertiary/aromatic N) is 1. The van der Waals surface area contributed by atoms with Crippen molar-refractivity contribution in [2.24, 2.45) is 0 Å². The molecule has 0 spiro atoms. The zero-order chi connectivity index (χ0) is 22.7. The second kappa shape index (κ2) is 8.84. The topological polar surface area (TPSA) is 95.6 Å². The van der Waals surface area contributed by atoms with Crippen LogP contribution < -0.4 is 14.9 Å². The van der Waals surface area contributed by atoms with Crippen LogP contribution in [0.25, 0.3) is 0 Å². The number of sulfonamides is 1. The molecule has 0 aromatic heterocycles. The molecular formula is C24H23N3O4S. The van der Waals surface area contributed by atoms with E-state index in [2.05, 4.69) is 10.6 Å². The highest BCUT2D eigenvalue weighted by Gasteiger charge is 2.28. The zero-order valence-corrected chi connectivity index (χ0v) is 18.4. The standard InChI is InChI=1S/C24H23N3O4S/c1-17-8-9-19(16-22(17)26-23(28)18-6-3-2-4-7-18)24(29)25-20-10-12-21(13-11-20)27-14-5-15-32(27,30)31/h2-4,6-13,16H,5,14-15H2,1H3,(H,25,29)(H,26,28). The lowest BCUT2D eigenvalue weighted by atomic mass is 10.1. The van der Waals surface area contributed by atoms with Gasteiger partial charge in [-0.1, -0.05) is 24.3 Å². The van der Waals surface area contributed by atoms with E-state index in [1.807, 2.05) is 13.0 Å². The molecule has 1 aliphatic heterocycles. The van der Waals surface area contributed by atoms with Gasteiger partial charge in [-0.15, -0.1) is 0 Å². The van der Waals surface area contributed by atoms with Crippen LogP contribution in [-0.4, -0.2) is 32.5 Å². The van der Waals surface area contributed by atoms with Crippen LogP contribution in [0.1, 0.15) is 32.7 Å². The highest BCUT2D eigenvalue weighted by atomic mass is 32.2. The number of carbonyl (C=O) groups excluding carboxylic acids is 2. The van der Waals surface area contributed by atoms with Gasteiger partial charge in [0, 0.05) is 29.0 Å². The first-order chi connectivity index (χ1) is 15.3.